The van der Waals surface area contributed by atoms with Gasteiger partial charge in [-0.05, 0) is 30.7 Å². The van der Waals surface area contributed by atoms with Crippen LogP contribution in [0.15, 0.2) is 30.3 Å². The van der Waals surface area contributed by atoms with E-state index in [2.05, 4.69) is 17.1 Å². The van der Waals surface area contributed by atoms with Crippen molar-refractivity contribution >= 4 is 28.8 Å². The van der Waals surface area contributed by atoms with E-state index in [0.29, 0.717) is 16.3 Å². The molecular formula is C15H13ClFN3S. The third kappa shape index (κ3) is 2.43. The number of rotatable bonds is 3. The standard InChI is InChI=1S/C15H13ClFN3S/c1-2-8-6-7-11(21-8)14-13(15(18)20-19-14)12-9(16)4-3-5-10(12)17/h3-7H,2H2,1H3,(H3,18,19,20). The van der Waals surface area contributed by atoms with E-state index in [0.717, 1.165) is 11.3 Å². The fourth-order valence-electron chi connectivity index (χ4n) is 2.23. The molecule has 6 heteroatoms. The van der Waals surface area contributed by atoms with Crippen molar-refractivity contribution in [2.24, 2.45) is 0 Å². The summed E-state index contributed by atoms with van der Waals surface area (Å²) in [6.45, 7) is 2.09. The average Bonchev–Trinajstić information content (AvgIpc) is 3.06. The van der Waals surface area contributed by atoms with Crippen molar-refractivity contribution in [1.82, 2.24) is 10.2 Å². The molecule has 0 bridgehead atoms. The Bertz CT molecular complexity index is 774. The van der Waals surface area contributed by atoms with Gasteiger partial charge in [-0.3, -0.25) is 5.10 Å². The van der Waals surface area contributed by atoms with Crippen molar-refractivity contribution < 1.29 is 4.39 Å². The fraction of sp³-hybridized carbons (Fsp3) is 0.133. The van der Waals surface area contributed by atoms with Gasteiger partial charge in [-0.15, -0.1) is 11.3 Å². The van der Waals surface area contributed by atoms with E-state index in [-0.39, 0.29) is 11.4 Å². The van der Waals surface area contributed by atoms with Crippen LogP contribution >= 0.6 is 22.9 Å². The van der Waals surface area contributed by atoms with E-state index >= 15 is 0 Å². The Morgan fingerprint density at radius 2 is 2.10 bits per heavy atom. The van der Waals surface area contributed by atoms with Crippen LogP contribution in [0, 0.1) is 5.82 Å². The molecule has 2 aromatic heterocycles. The van der Waals surface area contributed by atoms with Crippen molar-refractivity contribution in [3.05, 3.63) is 46.0 Å². The number of benzene rings is 1. The zero-order chi connectivity index (χ0) is 15.0. The van der Waals surface area contributed by atoms with Crippen LogP contribution in [0.2, 0.25) is 5.02 Å². The number of halogens is 2. The minimum atomic E-state index is -0.413. The Labute approximate surface area is 130 Å². The first kappa shape index (κ1) is 14.1. The molecule has 3 rings (SSSR count). The molecular weight excluding hydrogens is 309 g/mol. The monoisotopic (exact) mass is 321 g/mol. The molecule has 0 unspecified atom stereocenters. The Morgan fingerprint density at radius 3 is 2.76 bits per heavy atom. The van der Waals surface area contributed by atoms with Gasteiger partial charge in [0.05, 0.1) is 21.2 Å². The fourth-order valence-corrected chi connectivity index (χ4v) is 3.43. The molecule has 21 heavy (non-hydrogen) atoms. The topological polar surface area (TPSA) is 54.7 Å². The third-order valence-corrected chi connectivity index (χ3v) is 4.83. The molecule has 0 saturated carbocycles. The van der Waals surface area contributed by atoms with Crippen LogP contribution in [0.1, 0.15) is 11.8 Å². The maximum absolute atomic E-state index is 14.2. The first-order valence-electron chi connectivity index (χ1n) is 6.49. The lowest BCUT2D eigenvalue weighted by molar-refractivity contribution is 0.631. The molecule has 0 fully saturated rings. The maximum atomic E-state index is 14.2. The zero-order valence-electron chi connectivity index (χ0n) is 11.3. The summed E-state index contributed by atoms with van der Waals surface area (Å²) < 4.78 is 14.2. The minimum Gasteiger partial charge on any atom is -0.382 e. The molecule has 3 nitrogen and oxygen atoms in total. The second-order valence-electron chi connectivity index (χ2n) is 4.58. The quantitative estimate of drug-likeness (QED) is 0.732. The minimum absolute atomic E-state index is 0.239. The van der Waals surface area contributed by atoms with Gasteiger partial charge in [-0.2, -0.15) is 5.10 Å². The molecule has 1 aromatic carbocycles. The predicted octanol–water partition coefficient (Wildman–Crippen LogP) is 4.74. The predicted molar refractivity (Wildman–Crippen MR) is 86.1 cm³/mol. The number of aromatic nitrogens is 2. The van der Waals surface area contributed by atoms with E-state index in [9.17, 15) is 4.39 Å². The van der Waals surface area contributed by atoms with E-state index in [1.165, 1.54) is 10.9 Å². The number of nitrogens with two attached hydrogens (primary N) is 1. The van der Waals surface area contributed by atoms with Crippen molar-refractivity contribution in [1.29, 1.82) is 0 Å². The maximum Gasteiger partial charge on any atom is 0.153 e. The number of nitrogen functional groups attached to an aromatic ring is 1. The lowest BCUT2D eigenvalue weighted by atomic mass is 10.0. The molecule has 0 atom stereocenters. The number of nitrogens with zero attached hydrogens (tertiary/aromatic N) is 1. The first-order chi connectivity index (χ1) is 10.1. The van der Waals surface area contributed by atoms with Crippen molar-refractivity contribution in [2.45, 2.75) is 13.3 Å². The first-order valence-corrected chi connectivity index (χ1v) is 7.68. The lowest BCUT2D eigenvalue weighted by Gasteiger charge is -2.07. The molecule has 3 aromatic rings. The second kappa shape index (κ2) is 5.50. The van der Waals surface area contributed by atoms with Gasteiger partial charge in [0.1, 0.15) is 5.82 Å². The van der Waals surface area contributed by atoms with Crippen LogP contribution < -0.4 is 5.73 Å². The highest BCUT2D eigenvalue weighted by Gasteiger charge is 2.21. The highest BCUT2D eigenvalue weighted by molar-refractivity contribution is 7.15. The van der Waals surface area contributed by atoms with Crippen LogP contribution in [0.25, 0.3) is 21.7 Å². The summed E-state index contributed by atoms with van der Waals surface area (Å²) in [5.74, 6) is -0.174. The Kier molecular flexibility index (Phi) is 3.69. The zero-order valence-corrected chi connectivity index (χ0v) is 12.9. The Morgan fingerprint density at radius 1 is 1.29 bits per heavy atom. The summed E-state index contributed by atoms with van der Waals surface area (Å²) >= 11 is 7.78. The number of anilines is 1. The molecule has 108 valence electrons. The lowest BCUT2D eigenvalue weighted by Crippen LogP contribution is -1.92. The molecule has 0 aliphatic rings. The number of nitrogens with one attached hydrogen (secondary N) is 1. The molecule has 0 aliphatic heterocycles. The average molecular weight is 322 g/mol. The van der Waals surface area contributed by atoms with Gasteiger partial charge in [-0.1, -0.05) is 24.6 Å². The molecule has 0 aliphatic carbocycles. The molecule has 0 saturated heterocycles. The summed E-state index contributed by atoms with van der Waals surface area (Å²) in [4.78, 5) is 2.20. The largest absolute Gasteiger partial charge is 0.382 e. The second-order valence-corrected chi connectivity index (χ2v) is 6.15. The number of aromatic amines is 1. The van der Waals surface area contributed by atoms with Gasteiger partial charge < -0.3 is 5.73 Å². The van der Waals surface area contributed by atoms with Gasteiger partial charge in [-0.25, -0.2) is 4.39 Å². The number of H-pyrrole nitrogens is 1. The van der Waals surface area contributed by atoms with Crippen LogP contribution in [0.5, 0.6) is 0 Å². The van der Waals surface area contributed by atoms with Crippen molar-refractivity contribution in [3.63, 3.8) is 0 Å². The summed E-state index contributed by atoms with van der Waals surface area (Å²) in [5.41, 5.74) is 7.42. The van der Waals surface area contributed by atoms with Gasteiger partial charge in [0, 0.05) is 10.4 Å². The highest BCUT2D eigenvalue weighted by Crippen LogP contribution is 2.41. The van der Waals surface area contributed by atoms with Crippen LogP contribution in [0.4, 0.5) is 10.2 Å². The van der Waals surface area contributed by atoms with Gasteiger partial charge in [0.25, 0.3) is 0 Å². The van der Waals surface area contributed by atoms with Crippen LogP contribution in [-0.2, 0) is 6.42 Å². The number of aryl methyl sites for hydroxylation is 1. The number of thiophene rings is 1. The van der Waals surface area contributed by atoms with E-state index < -0.39 is 5.82 Å². The van der Waals surface area contributed by atoms with Crippen molar-refractivity contribution in [3.8, 4) is 21.7 Å². The third-order valence-electron chi connectivity index (χ3n) is 3.26. The molecule has 0 amide bonds. The summed E-state index contributed by atoms with van der Waals surface area (Å²) in [6, 6.07) is 8.60. The van der Waals surface area contributed by atoms with Gasteiger partial charge in [0.2, 0.25) is 0 Å². The smallest absolute Gasteiger partial charge is 0.153 e. The molecule has 3 N–H and O–H groups in total. The normalized spacial score (nSPS) is 11.0. The van der Waals surface area contributed by atoms with E-state index in [4.69, 9.17) is 17.3 Å². The number of hydrogen-bond acceptors (Lipinski definition) is 3. The molecule has 0 radical (unpaired) electrons. The highest BCUT2D eigenvalue weighted by atomic mass is 35.5. The van der Waals surface area contributed by atoms with Gasteiger partial charge >= 0.3 is 0 Å². The summed E-state index contributed by atoms with van der Waals surface area (Å²) in [5, 5.41) is 7.23. The van der Waals surface area contributed by atoms with E-state index in [1.54, 1.807) is 23.5 Å². The Balaban J connectivity index is 2.22. The Hall–Kier alpha value is -1.85. The van der Waals surface area contributed by atoms with Crippen molar-refractivity contribution in [2.75, 3.05) is 5.73 Å². The van der Waals surface area contributed by atoms with Crippen LogP contribution in [-0.4, -0.2) is 10.2 Å². The summed E-state index contributed by atoms with van der Waals surface area (Å²) in [7, 11) is 0. The van der Waals surface area contributed by atoms with Crippen LogP contribution in [0.3, 0.4) is 0 Å². The SMILES string of the molecule is CCc1ccc(-c2[nH]nc(N)c2-c2c(F)cccc2Cl)s1. The van der Waals surface area contributed by atoms with E-state index in [1.807, 2.05) is 12.1 Å². The van der Waals surface area contributed by atoms with Gasteiger partial charge in [0.15, 0.2) is 5.82 Å². The molecule has 2 heterocycles. The number of hydrogen-bond donors (Lipinski definition) is 2. The summed E-state index contributed by atoms with van der Waals surface area (Å²) in [6.07, 6.45) is 0.948. The molecule has 0 spiro atoms.